The van der Waals surface area contributed by atoms with Gasteiger partial charge in [-0.05, 0) is 66.9 Å². The van der Waals surface area contributed by atoms with Gasteiger partial charge in [0.25, 0.3) is 0 Å². The van der Waals surface area contributed by atoms with Crippen LogP contribution in [0.4, 0.5) is 5.69 Å². The molecule has 0 amide bonds. The SMILES string of the molecule is Cc1ccc(C)c(NC(=S)N[C@@H](c2ccc3c(c2)OCCO3)C(C)C)c1. The van der Waals surface area contributed by atoms with Gasteiger partial charge in [0.2, 0.25) is 0 Å². The van der Waals surface area contributed by atoms with Crippen LogP contribution in [0.2, 0.25) is 0 Å². The highest BCUT2D eigenvalue weighted by molar-refractivity contribution is 7.80. The number of rotatable bonds is 4. The maximum absolute atomic E-state index is 5.72. The van der Waals surface area contributed by atoms with Crippen molar-refractivity contribution in [3.05, 3.63) is 53.1 Å². The van der Waals surface area contributed by atoms with Crippen LogP contribution in [0.3, 0.4) is 0 Å². The van der Waals surface area contributed by atoms with Crippen LogP contribution in [0, 0.1) is 19.8 Å². The molecule has 0 aromatic heterocycles. The van der Waals surface area contributed by atoms with Crippen molar-refractivity contribution < 1.29 is 9.47 Å². The first kappa shape index (κ1) is 18.5. The maximum Gasteiger partial charge on any atom is 0.171 e. The fourth-order valence-corrected chi connectivity index (χ4v) is 3.30. The monoisotopic (exact) mass is 370 g/mol. The Bertz CT molecular complexity index is 805. The fraction of sp³-hybridized carbons (Fsp3) is 0.381. The quantitative estimate of drug-likeness (QED) is 0.760. The van der Waals surface area contributed by atoms with Gasteiger partial charge >= 0.3 is 0 Å². The lowest BCUT2D eigenvalue weighted by molar-refractivity contribution is 0.171. The average molecular weight is 371 g/mol. The zero-order valence-electron chi connectivity index (χ0n) is 15.8. The van der Waals surface area contributed by atoms with Crippen LogP contribution in [0.1, 0.15) is 36.6 Å². The summed E-state index contributed by atoms with van der Waals surface area (Å²) in [5.41, 5.74) is 4.54. The Morgan fingerprint density at radius 2 is 1.73 bits per heavy atom. The molecule has 0 bridgehead atoms. The third kappa shape index (κ3) is 4.28. The van der Waals surface area contributed by atoms with Crippen LogP contribution in [-0.4, -0.2) is 18.3 Å². The lowest BCUT2D eigenvalue weighted by atomic mass is 9.95. The molecule has 2 aromatic rings. The van der Waals surface area contributed by atoms with Gasteiger partial charge in [0, 0.05) is 5.69 Å². The number of aryl methyl sites for hydroxylation is 2. The van der Waals surface area contributed by atoms with Crippen molar-refractivity contribution in [3.63, 3.8) is 0 Å². The van der Waals surface area contributed by atoms with Crippen LogP contribution < -0.4 is 20.1 Å². The first-order valence-corrected chi connectivity index (χ1v) is 9.39. The molecule has 0 radical (unpaired) electrons. The lowest BCUT2D eigenvalue weighted by Gasteiger charge is -2.27. The second kappa shape index (κ2) is 7.96. The molecule has 26 heavy (non-hydrogen) atoms. The second-order valence-electron chi connectivity index (χ2n) is 7.04. The number of nitrogens with one attached hydrogen (secondary N) is 2. The van der Waals surface area contributed by atoms with E-state index in [2.05, 4.69) is 62.6 Å². The third-order valence-electron chi connectivity index (χ3n) is 4.52. The van der Waals surface area contributed by atoms with E-state index in [-0.39, 0.29) is 6.04 Å². The van der Waals surface area contributed by atoms with Gasteiger partial charge in [-0.15, -0.1) is 0 Å². The molecule has 0 saturated carbocycles. The molecule has 138 valence electrons. The molecule has 3 rings (SSSR count). The summed E-state index contributed by atoms with van der Waals surface area (Å²) in [6.45, 7) is 9.69. The van der Waals surface area contributed by atoms with Gasteiger partial charge in [-0.2, -0.15) is 0 Å². The minimum Gasteiger partial charge on any atom is -0.486 e. The van der Waals surface area contributed by atoms with Crippen molar-refractivity contribution in [3.8, 4) is 11.5 Å². The molecular formula is C21H26N2O2S. The molecule has 1 atom stereocenters. The molecule has 1 heterocycles. The lowest BCUT2D eigenvalue weighted by Crippen LogP contribution is -2.35. The van der Waals surface area contributed by atoms with Crippen LogP contribution in [0.5, 0.6) is 11.5 Å². The number of benzene rings is 2. The van der Waals surface area contributed by atoms with Crippen LogP contribution >= 0.6 is 12.2 Å². The Morgan fingerprint density at radius 3 is 2.46 bits per heavy atom. The molecule has 0 saturated heterocycles. The smallest absolute Gasteiger partial charge is 0.171 e. The van der Waals surface area contributed by atoms with Crippen LogP contribution in [0.15, 0.2) is 36.4 Å². The Kier molecular flexibility index (Phi) is 5.67. The highest BCUT2D eigenvalue weighted by atomic mass is 32.1. The summed E-state index contributed by atoms with van der Waals surface area (Å²) in [6, 6.07) is 12.5. The number of hydrogen-bond acceptors (Lipinski definition) is 3. The van der Waals surface area contributed by atoms with Crippen molar-refractivity contribution >= 4 is 23.0 Å². The molecule has 2 aromatic carbocycles. The van der Waals surface area contributed by atoms with Gasteiger partial charge in [-0.25, -0.2) is 0 Å². The summed E-state index contributed by atoms with van der Waals surface area (Å²) in [4.78, 5) is 0. The predicted octanol–water partition coefficient (Wildman–Crippen LogP) is 4.76. The topological polar surface area (TPSA) is 42.5 Å². The minimum absolute atomic E-state index is 0.0796. The zero-order valence-corrected chi connectivity index (χ0v) is 16.6. The van der Waals surface area contributed by atoms with Gasteiger partial charge < -0.3 is 20.1 Å². The van der Waals surface area contributed by atoms with E-state index in [1.54, 1.807) is 0 Å². The summed E-state index contributed by atoms with van der Waals surface area (Å²) in [5.74, 6) is 1.96. The van der Waals surface area contributed by atoms with Gasteiger partial charge in [-0.3, -0.25) is 0 Å². The van der Waals surface area contributed by atoms with Crippen molar-refractivity contribution in [2.75, 3.05) is 18.5 Å². The molecule has 1 aliphatic heterocycles. The van der Waals surface area contributed by atoms with Crippen molar-refractivity contribution in [2.24, 2.45) is 5.92 Å². The van der Waals surface area contributed by atoms with E-state index in [0.717, 1.165) is 22.7 Å². The number of fused-ring (bicyclic) bond motifs is 1. The number of ether oxygens (including phenoxy) is 2. The first-order valence-electron chi connectivity index (χ1n) is 8.98. The highest BCUT2D eigenvalue weighted by Crippen LogP contribution is 2.34. The molecule has 0 unspecified atom stereocenters. The van der Waals surface area contributed by atoms with Crippen LogP contribution in [-0.2, 0) is 0 Å². The first-order chi connectivity index (χ1) is 12.4. The molecule has 0 spiro atoms. The van der Waals surface area contributed by atoms with Crippen molar-refractivity contribution in [2.45, 2.75) is 33.7 Å². The zero-order chi connectivity index (χ0) is 18.7. The van der Waals surface area contributed by atoms with E-state index in [0.29, 0.717) is 24.2 Å². The summed E-state index contributed by atoms with van der Waals surface area (Å²) < 4.78 is 11.3. The van der Waals surface area contributed by atoms with Gasteiger partial charge in [-0.1, -0.05) is 32.0 Å². The van der Waals surface area contributed by atoms with E-state index in [4.69, 9.17) is 21.7 Å². The highest BCUT2D eigenvalue weighted by Gasteiger charge is 2.20. The van der Waals surface area contributed by atoms with Gasteiger partial charge in [0.15, 0.2) is 16.6 Å². The van der Waals surface area contributed by atoms with E-state index < -0.39 is 0 Å². The normalized spacial score (nSPS) is 14.0. The summed E-state index contributed by atoms with van der Waals surface area (Å²) in [5, 5.41) is 7.41. The molecule has 0 fully saturated rings. The Balaban J connectivity index is 1.76. The predicted molar refractivity (Wildman–Crippen MR) is 110 cm³/mol. The molecule has 4 nitrogen and oxygen atoms in total. The molecular weight excluding hydrogens is 344 g/mol. The molecule has 0 aliphatic carbocycles. The third-order valence-corrected chi connectivity index (χ3v) is 4.74. The minimum atomic E-state index is 0.0796. The van der Waals surface area contributed by atoms with E-state index in [9.17, 15) is 0 Å². The number of hydrogen-bond donors (Lipinski definition) is 2. The number of thiocarbonyl (C=S) groups is 1. The Morgan fingerprint density at radius 1 is 1.00 bits per heavy atom. The van der Waals surface area contributed by atoms with E-state index >= 15 is 0 Å². The Labute approximate surface area is 160 Å². The standard InChI is InChI=1S/C21H26N2O2S/c1-13(2)20(16-7-8-18-19(12-16)25-10-9-24-18)23-21(26)22-17-11-14(3)5-6-15(17)4/h5-8,11-13,20H,9-10H2,1-4H3,(H2,22,23,26)/t20-/m1/s1. The van der Waals surface area contributed by atoms with E-state index in [1.165, 1.54) is 11.1 Å². The fourth-order valence-electron chi connectivity index (χ4n) is 3.06. The van der Waals surface area contributed by atoms with Crippen LogP contribution in [0.25, 0.3) is 0 Å². The molecule has 5 heteroatoms. The average Bonchev–Trinajstić information content (AvgIpc) is 2.62. The maximum atomic E-state index is 5.72. The summed E-state index contributed by atoms with van der Waals surface area (Å²) in [7, 11) is 0. The Hall–Kier alpha value is -2.27. The molecule has 1 aliphatic rings. The second-order valence-corrected chi connectivity index (χ2v) is 7.45. The molecule has 2 N–H and O–H groups in total. The largest absolute Gasteiger partial charge is 0.486 e. The van der Waals surface area contributed by atoms with E-state index in [1.807, 2.05) is 12.1 Å². The number of anilines is 1. The summed E-state index contributed by atoms with van der Waals surface area (Å²) >= 11 is 5.58. The van der Waals surface area contributed by atoms with Gasteiger partial charge in [0.05, 0.1) is 6.04 Å². The van der Waals surface area contributed by atoms with Crippen molar-refractivity contribution in [1.82, 2.24) is 5.32 Å². The van der Waals surface area contributed by atoms with Crippen molar-refractivity contribution in [1.29, 1.82) is 0 Å². The van der Waals surface area contributed by atoms with Gasteiger partial charge in [0.1, 0.15) is 13.2 Å². The summed E-state index contributed by atoms with van der Waals surface area (Å²) in [6.07, 6.45) is 0.